The van der Waals surface area contributed by atoms with Crippen LogP contribution in [0.5, 0.6) is 0 Å². The van der Waals surface area contributed by atoms with E-state index in [0.717, 1.165) is 12.3 Å². The van der Waals surface area contributed by atoms with E-state index in [1.165, 1.54) is 12.8 Å². The maximum atomic E-state index is 11.4. The van der Waals surface area contributed by atoms with E-state index in [9.17, 15) is 4.79 Å². The van der Waals surface area contributed by atoms with Crippen LogP contribution in [0.25, 0.3) is 0 Å². The molecule has 1 amide bonds. The number of carbonyl (C=O) groups excluding carboxylic acids is 1. The molecule has 2 fully saturated rings. The maximum Gasteiger partial charge on any atom is 0.235 e. The first kappa shape index (κ1) is 11.3. The molecule has 0 aromatic rings. The highest BCUT2D eigenvalue weighted by molar-refractivity contribution is 6.27. The van der Waals surface area contributed by atoms with Crippen LogP contribution in [-0.4, -0.2) is 17.8 Å². The van der Waals surface area contributed by atoms with Crippen LogP contribution in [-0.2, 0) is 4.79 Å². The Kier molecular flexibility index (Phi) is 2.53. The molecule has 2 saturated carbocycles. The predicted molar refractivity (Wildman–Crippen MR) is 61.9 cm³/mol. The molecule has 2 rings (SSSR count). The number of alkyl halides is 1. The minimum atomic E-state index is -0.0220. The monoisotopic (exact) mass is 229 g/mol. The van der Waals surface area contributed by atoms with Gasteiger partial charge in [-0.15, -0.1) is 11.6 Å². The van der Waals surface area contributed by atoms with Crippen LogP contribution in [0.3, 0.4) is 0 Å². The first-order valence-corrected chi connectivity index (χ1v) is 6.30. The number of hydrogen-bond acceptors (Lipinski definition) is 1. The fourth-order valence-electron chi connectivity index (χ4n) is 3.65. The third kappa shape index (κ3) is 1.41. The maximum absolute atomic E-state index is 11.4. The molecule has 0 radical (unpaired) electrons. The van der Waals surface area contributed by atoms with Gasteiger partial charge < -0.3 is 5.32 Å². The van der Waals surface area contributed by atoms with E-state index >= 15 is 0 Å². The number of fused-ring (bicyclic) bond motifs is 2. The summed E-state index contributed by atoms with van der Waals surface area (Å²) in [6.07, 6.45) is 3.68. The quantitative estimate of drug-likeness (QED) is 0.725. The fourth-order valence-corrected chi connectivity index (χ4v) is 3.73. The highest BCUT2D eigenvalue weighted by atomic mass is 35.5. The molecule has 2 nitrogen and oxygen atoms in total. The van der Waals surface area contributed by atoms with Crippen LogP contribution in [0.4, 0.5) is 0 Å². The smallest absolute Gasteiger partial charge is 0.235 e. The van der Waals surface area contributed by atoms with Crippen molar-refractivity contribution in [1.82, 2.24) is 5.32 Å². The molecule has 86 valence electrons. The Morgan fingerprint density at radius 3 is 2.53 bits per heavy atom. The number of hydrogen-bond donors (Lipinski definition) is 1. The second-order valence-electron chi connectivity index (χ2n) is 5.86. The highest BCUT2D eigenvalue weighted by Crippen LogP contribution is 2.65. The average molecular weight is 230 g/mol. The van der Waals surface area contributed by atoms with Gasteiger partial charge in [0, 0.05) is 6.04 Å². The lowest BCUT2D eigenvalue weighted by atomic mass is 9.69. The van der Waals surface area contributed by atoms with Crippen molar-refractivity contribution in [2.75, 3.05) is 5.88 Å². The summed E-state index contributed by atoms with van der Waals surface area (Å²) in [5.41, 5.74) is 0.622. The van der Waals surface area contributed by atoms with Gasteiger partial charge in [-0.1, -0.05) is 20.8 Å². The van der Waals surface area contributed by atoms with E-state index in [-0.39, 0.29) is 17.2 Å². The Balaban J connectivity index is 2.15. The summed E-state index contributed by atoms with van der Waals surface area (Å²) in [4.78, 5) is 11.4. The Morgan fingerprint density at radius 2 is 2.13 bits per heavy atom. The van der Waals surface area contributed by atoms with Crippen molar-refractivity contribution in [3.8, 4) is 0 Å². The van der Waals surface area contributed by atoms with Gasteiger partial charge in [-0.2, -0.15) is 0 Å². The molecule has 0 aliphatic heterocycles. The Bertz CT molecular complexity index is 289. The molecule has 2 aliphatic rings. The van der Waals surface area contributed by atoms with E-state index in [1.807, 2.05) is 0 Å². The van der Waals surface area contributed by atoms with Gasteiger partial charge in [0.2, 0.25) is 5.91 Å². The van der Waals surface area contributed by atoms with Crippen LogP contribution in [0.2, 0.25) is 0 Å². The fraction of sp³-hybridized carbons (Fsp3) is 0.917. The molecular formula is C12H20ClNO. The molecule has 2 bridgehead atoms. The van der Waals surface area contributed by atoms with Crippen LogP contribution in [0, 0.1) is 16.7 Å². The number of nitrogens with one attached hydrogen (secondary N) is 1. The van der Waals surface area contributed by atoms with Crippen molar-refractivity contribution in [2.24, 2.45) is 16.7 Å². The molecule has 0 unspecified atom stereocenters. The van der Waals surface area contributed by atoms with Crippen LogP contribution in [0.1, 0.15) is 40.0 Å². The zero-order valence-corrected chi connectivity index (χ0v) is 10.5. The minimum Gasteiger partial charge on any atom is -0.352 e. The largest absolute Gasteiger partial charge is 0.352 e. The summed E-state index contributed by atoms with van der Waals surface area (Å²) in [7, 11) is 0. The van der Waals surface area contributed by atoms with Gasteiger partial charge in [0.15, 0.2) is 0 Å². The average Bonchev–Trinajstić information content (AvgIpc) is 2.50. The SMILES string of the molecule is CC1(C)[C@H]2CC[C@]1(C)[C@H](NC(=O)CCl)C2. The summed E-state index contributed by atoms with van der Waals surface area (Å²) in [6.45, 7) is 7.01. The van der Waals surface area contributed by atoms with E-state index in [0.29, 0.717) is 11.5 Å². The molecule has 3 heteroatoms. The molecule has 0 spiro atoms. The van der Waals surface area contributed by atoms with Gasteiger partial charge in [-0.05, 0) is 36.0 Å². The summed E-state index contributed by atoms with van der Waals surface area (Å²) >= 11 is 5.54. The van der Waals surface area contributed by atoms with Gasteiger partial charge in [-0.25, -0.2) is 0 Å². The van der Waals surface area contributed by atoms with Crippen molar-refractivity contribution in [3.05, 3.63) is 0 Å². The number of halogens is 1. The zero-order chi connectivity index (χ0) is 11.3. The Hall–Kier alpha value is -0.240. The second-order valence-corrected chi connectivity index (χ2v) is 6.13. The molecule has 1 N–H and O–H groups in total. The molecule has 15 heavy (non-hydrogen) atoms. The van der Waals surface area contributed by atoms with E-state index in [4.69, 9.17) is 11.6 Å². The Morgan fingerprint density at radius 1 is 1.47 bits per heavy atom. The standard InChI is InChI=1S/C12H20ClNO/c1-11(2)8-4-5-12(11,3)9(6-8)14-10(15)7-13/h8-9H,4-7H2,1-3H3,(H,14,15)/t8-,9+,12+/m0/s1. The lowest BCUT2D eigenvalue weighted by molar-refractivity contribution is -0.120. The van der Waals surface area contributed by atoms with E-state index < -0.39 is 0 Å². The first-order chi connectivity index (χ1) is 6.91. The van der Waals surface area contributed by atoms with E-state index in [2.05, 4.69) is 26.1 Å². The van der Waals surface area contributed by atoms with Crippen LogP contribution >= 0.6 is 11.6 Å². The topological polar surface area (TPSA) is 29.1 Å². The lowest BCUT2D eigenvalue weighted by Crippen LogP contribution is -2.47. The molecule has 0 aromatic carbocycles. The van der Waals surface area contributed by atoms with E-state index in [1.54, 1.807) is 0 Å². The lowest BCUT2D eigenvalue weighted by Gasteiger charge is -2.39. The number of amides is 1. The van der Waals surface area contributed by atoms with Crippen molar-refractivity contribution in [1.29, 1.82) is 0 Å². The summed E-state index contributed by atoms with van der Waals surface area (Å²) in [5, 5.41) is 3.09. The molecule has 0 heterocycles. The minimum absolute atomic E-state index is 0.0220. The van der Waals surface area contributed by atoms with Crippen molar-refractivity contribution < 1.29 is 4.79 Å². The van der Waals surface area contributed by atoms with Crippen LogP contribution < -0.4 is 5.32 Å². The molecule has 0 saturated heterocycles. The normalized spacial score (nSPS) is 41.9. The summed E-state index contributed by atoms with van der Waals surface area (Å²) < 4.78 is 0. The summed E-state index contributed by atoms with van der Waals surface area (Å²) in [5.74, 6) is 0.826. The van der Waals surface area contributed by atoms with Crippen molar-refractivity contribution >= 4 is 17.5 Å². The van der Waals surface area contributed by atoms with Gasteiger partial charge in [0.25, 0.3) is 0 Å². The summed E-state index contributed by atoms with van der Waals surface area (Å²) in [6, 6.07) is 0.331. The number of rotatable bonds is 2. The van der Waals surface area contributed by atoms with Crippen LogP contribution in [0.15, 0.2) is 0 Å². The zero-order valence-electron chi connectivity index (χ0n) is 9.77. The van der Waals surface area contributed by atoms with Gasteiger partial charge >= 0.3 is 0 Å². The van der Waals surface area contributed by atoms with Gasteiger partial charge in [-0.3, -0.25) is 4.79 Å². The third-order valence-corrected chi connectivity index (χ3v) is 5.49. The molecule has 2 aliphatic carbocycles. The number of carbonyl (C=O) groups is 1. The van der Waals surface area contributed by atoms with Crippen molar-refractivity contribution in [2.45, 2.75) is 46.1 Å². The molecular weight excluding hydrogens is 210 g/mol. The van der Waals surface area contributed by atoms with Gasteiger partial charge in [0.05, 0.1) is 0 Å². The molecule has 3 atom stereocenters. The molecule has 0 aromatic heterocycles. The second kappa shape index (κ2) is 3.38. The van der Waals surface area contributed by atoms with Gasteiger partial charge in [0.1, 0.15) is 5.88 Å². The predicted octanol–water partition coefficient (Wildman–Crippen LogP) is 2.56. The van der Waals surface area contributed by atoms with Crippen molar-refractivity contribution in [3.63, 3.8) is 0 Å². The Labute approximate surface area is 96.8 Å². The first-order valence-electron chi connectivity index (χ1n) is 5.77. The third-order valence-electron chi connectivity index (χ3n) is 5.25. The highest BCUT2D eigenvalue weighted by Gasteiger charge is 2.61.